The van der Waals surface area contributed by atoms with E-state index in [9.17, 15) is 18.4 Å². The largest absolute Gasteiger partial charge is 0.461 e. The number of hydrogen-bond donors (Lipinski definition) is 1. The van der Waals surface area contributed by atoms with Crippen LogP contribution in [0.4, 0.5) is 29.2 Å². The molecule has 3 aromatic heterocycles. The van der Waals surface area contributed by atoms with E-state index >= 15 is 4.39 Å². The molecule has 3 atom stereocenters. The molecule has 0 aromatic carbocycles. The maximum absolute atomic E-state index is 16.4. The van der Waals surface area contributed by atoms with Crippen molar-refractivity contribution in [3.05, 3.63) is 29.2 Å². The first kappa shape index (κ1) is 29.1. The number of aryl methyl sites for hydroxylation is 1. The summed E-state index contributed by atoms with van der Waals surface area (Å²) in [4.78, 5) is 22.9. The fourth-order valence-electron chi connectivity index (χ4n) is 7.09. The second-order valence-electron chi connectivity index (χ2n) is 12.1. The number of alkyl halides is 3. The highest BCUT2D eigenvalue weighted by Gasteiger charge is 2.48. The fraction of sp³-hybridized carbons (Fsp3) is 0.552. The van der Waals surface area contributed by atoms with Gasteiger partial charge in [0, 0.05) is 32.9 Å². The SMILES string of the molecule is Cc1cc(N)nc(-c2ncc3c(N(C)C4CCN(C#N)C4)nc(OCC45CCCN4CC(C)C5)nc3c2F)c1C(F)(F)F. The summed E-state index contributed by atoms with van der Waals surface area (Å²) in [5, 5.41) is 9.57. The number of rotatable bonds is 6. The third-order valence-electron chi connectivity index (χ3n) is 9.05. The molecule has 0 aliphatic carbocycles. The molecule has 6 heterocycles. The molecule has 228 valence electrons. The molecular formula is C29H33F4N9O. The Kier molecular flexibility index (Phi) is 7.19. The minimum absolute atomic E-state index is 0.0749. The van der Waals surface area contributed by atoms with Crippen LogP contribution in [-0.4, -0.2) is 81.2 Å². The molecule has 0 radical (unpaired) electrons. The molecule has 3 aliphatic rings. The van der Waals surface area contributed by atoms with Crippen molar-refractivity contribution in [3.8, 4) is 23.6 Å². The number of nitrogens with zero attached hydrogens (tertiary/aromatic N) is 8. The van der Waals surface area contributed by atoms with Gasteiger partial charge in [0.15, 0.2) is 12.0 Å². The summed E-state index contributed by atoms with van der Waals surface area (Å²) in [6.07, 6.45) is 2.23. The highest BCUT2D eigenvalue weighted by Crippen LogP contribution is 2.43. The maximum Gasteiger partial charge on any atom is 0.418 e. The van der Waals surface area contributed by atoms with Gasteiger partial charge in [0.2, 0.25) is 0 Å². The molecule has 0 amide bonds. The Labute approximate surface area is 246 Å². The number of ether oxygens (including phenoxy) is 1. The average Bonchev–Trinajstić information content (AvgIpc) is 3.64. The van der Waals surface area contributed by atoms with Gasteiger partial charge in [0.1, 0.15) is 35.1 Å². The molecule has 43 heavy (non-hydrogen) atoms. The van der Waals surface area contributed by atoms with Gasteiger partial charge in [-0.1, -0.05) is 6.92 Å². The molecule has 6 rings (SSSR count). The molecule has 3 unspecified atom stereocenters. The lowest BCUT2D eigenvalue weighted by atomic mass is 9.92. The maximum atomic E-state index is 16.4. The first-order valence-electron chi connectivity index (χ1n) is 14.4. The second-order valence-corrected chi connectivity index (χ2v) is 12.1. The number of aromatic nitrogens is 4. The van der Waals surface area contributed by atoms with Gasteiger partial charge in [-0.25, -0.2) is 9.37 Å². The van der Waals surface area contributed by atoms with Crippen LogP contribution in [0.2, 0.25) is 0 Å². The van der Waals surface area contributed by atoms with E-state index in [2.05, 4.69) is 38.0 Å². The van der Waals surface area contributed by atoms with Crippen LogP contribution >= 0.6 is 0 Å². The number of nitriles is 1. The van der Waals surface area contributed by atoms with Crippen molar-refractivity contribution < 1.29 is 22.3 Å². The summed E-state index contributed by atoms with van der Waals surface area (Å²) >= 11 is 0. The van der Waals surface area contributed by atoms with E-state index in [0.29, 0.717) is 37.9 Å². The number of nitrogens with two attached hydrogens (primary N) is 1. The summed E-state index contributed by atoms with van der Waals surface area (Å²) in [5.41, 5.74) is 2.76. The lowest BCUT2D eigenvalue weighted by Gasteiger charge is -2.31. The molecule has 2 N–H and O–H groups in total. The van der Waals surface area contributed by atoms with E-state index in [1.807, 2.05) is 4.90 Å². The molecule has 3 saturated heterocycles. The summed E-state index contributed by atoms with van der Waals surface area (Å²) in [5.74, 6) is -0.446. The molecule has 0 spiro atoms. The highest BCUT2D eigenvalue weighted by molar-refractivity contribution is 5.92. The Morgan fingerprint density at radius 3 is 2.72 bits per heavy atom. The molecule has 14 heteroatoms. The normalized spacial score (nSPS) is 24.0. The van der Waals surface area contributed by atoms with E-state index in [1.165, 1.54) is 13.1 Å². The van der Waals surface area contributed by atoms with Crippen molar-refractivity contribution in [1.82, 2.24) is 29.7 Å². The van der Waals surface area contributed by atoms with Crippen molar-refractivity contribution in [2.24, 2.45) is 5.92 Å². The van der Waals surface area contributed by atoms with E-state index in [1.54, 1.807) is 11.9 Å². The zero-order chi connectivity index (χ0) is 30.7. The Morgan fingerprint density at radius 1 is 1.21 bits per heavy atom. The number of likely N-dealkylation sites (N-methyl/N-ethyl adjacent to an activating group) is 1. The van der Waals surface area contributed by atoms with Gasteiger partial charge in [-0.05, 0) is 56.7 Å². The lowest BCUT2D eigenvalue weighted by molar-refractivity contribution is -0.137. The van der Waals surface area contributed by atoms with Crippen molar-refractivity contribution in [3.63, 3.8) is 0 Å². The van der Waals surface area contributed by atoms with Crippen LogP contribution in [0.25, 0.3) is 22.3 Å². The number of pyridine rings is 2. The molecule has 3 fully saturated rings. The van der Waals surface area contributed by atoms with Gasteiger partial charge in [-0.15, -0.1) is 0 Å². The van der Waals surface area contributed by atoms with Crippen LogP contribution in [0.5, 0.6) is 6.01 Å². The van der Waals surface area contributed by atoms with Crippen molar-refractivity contribution in [2.45, 2.75) is 57.3 Å². The Hall–Kier alpha value is -3.99. The summed E-state index contributed by atoms with van der Waals surface area (Å²) in [7, 11) is 1.78. The van der Waals surface area contributed by atoms with Gasteiger partial charge in [-0.3, -0.25) is 9.88 Å². The van der Waals surface area contributed by atoms with Gasteiger partial charge in [-0.2, -0.15) is 28.4 Å². The predicted octanol–water partition coefficient (Wildman–Crippen LogP) is 4.38. The minimum Gasteiger partial charge on any atom is -0.461 e. The van der Waals surface area contributed by atoms with Crippen molar-refractivity contribution in [1.29, 1.82) is 5.26 Å². The third kappa shape index (κ3) is 5.13. The Bertz CT molecular complexity index is 1610. The zero-order valence-corrected chi connectivity index (χ0v) is 24.2. The van der Waals surface area contributed by atoms with Crippen LogP contribution in [0.3, 0.4) is 0 Å². The Morgan fingerprint density at radius 2 is 2.00 bits per heavy atom. The highest BCUT2D eigenvalue weighted by atomic mass is 19.4. The standard InChI is InChI=1S/C29H33F4N9O/c1-16-10-28(6-4-7-42(28)12-16)14-43-27-38-23-19(26(39-27)40(3)18-5-8-41(13-18)15-34)11-36-25(22(23)30)24-21(29(31,32)33)17(2)9-20(35)37-24/h9,11,16,18H,4-8,10,12-14H2,1-3H3,(H2,35,37). The molecule has 0 bridgehead atoms. The predicted molar refractivity (Wildman–Crippen MR) is 151 cm³/mol. The average molecular weight is 600 g/mol. The van der Waals surface area contributed by atoms with Gasteiger partial charge >= 0.3 is 12.2 Å². The monoisotopic (exact) mass is 599 g/mol. The van der Waals surface area contributed by atoms with Crippen molar-refractivity contribution >= 4 is 22.5 Å². The smallest absolute Gasteiger partial charge is 0.418 e. The molecule has 3 aromatic rings. The number of halogens is 4. The summed E-state index contributed by atoms with van der Waals surface area (Å²) in [6.45, 7) is 6.72. The van der Waals surface area contributed by atoms with Gasteiger partial charge < -0.3 is 20.3 Å². The number of fused-ring (bicyclic) bond motifs is 2. The van der Waals surface area contributed by atoms with Crippen LogP contribution in [0, 0.1) is 30.1 Å². The van der Waals surface area contributed by atoms with E-state index in [-0.39, 0.29) is 39.9 Å². The van der Waals surface area contributed by atoms with Gasteiger partial charge in [0.05, 0.1) is 22.5 Å². The second kappa shape index (κ2) is 10.6. The zero-order valence-electron chi connectivity index (χ0n) is 24.2. The fourth-order valence-corrected chi connectivity index (χ4v) is 7.09. The number of hydrogen-bond acceptors (Lipinski definition) is 10. The van der Waals surface area contributed by atoms with E-state index < -0.39 is 28.9 Å². The van der Waals surface area contributed by atoms with Crippen LogP contribution in [-0.2, 0) is 6.18 Å². The van der Waals surface area contributed by atoms with Crippen LogP contribution in [0.15, 0.2) is 12.3 Å². The molecular weight excluding hydrogens is 566 g/mol. The molecule has 3 aliphatic heterocycles. The molecule has 10 nitrogen and oxygen atoms in total. The van der Waals surface area contributed by atoms with Crippen molar-refractivity contribution in [2.75, 3.05) is 50.5 Å². The number of nitrogen functional groups attached to an aromatic ring is 1. The lowest BCUT2D eigenvalue weighted by Crippen LogP contribution is -2.43. The minimum atomic E-state index is -4.82. The van der Waals surface area contributed by atoms with E-state index in [4.69, 9.17) is 10.5 Å². The number of anilines is 2. The topological polar surface area (TPSA) is 120 Å². The van der Waals surface area contributed by atoms with Crippen LogP contribution < -0.4 is 15.4 Å². The molecule has 0 saturated carbocycles. The Balaban J connectivity index is 1.47. The summed E-state index contributed by atoms with van der Waals surface area (Å²) < 4.78 is 64.9. The third-order valence-corrected chi connectivity index (χ3v) is 9.05. The van der Waals surface area contributed by atoms with Gasteiger partial charge in [0.25, 0.3) is 0 Å². The number of likely N-dealkylation sites (tertiary alicyclic amines) is 1. The quantitative estimate of drug-likeness (QED) is 0.323. The first-order valence-corrected chi connectivity index (χ1v) is 14.4. The van der Waals surface area contributed by atoms with E-state index in [0.717, 1.165) is 38.4 Å². The van der Waals surface area contributed by atoms with Crippen LogP contribution in [0.1, 0.15) is 43.7 Å². The first-order chi connectivity index (χ1) is 20.4. The summed E-state index contributed by atoms with van der Waals surface area (Å²) in [6, 6.07) is 0.894.